The molecular formula is C9H6N4O3S2. The molecule has 1 aromatic rings. The van der Waals surface area contributed by atoms with E-state index in [0.717, 1.165) is 15.9 Å². The van der Waals surface area contributed by atoms with E-state index in [1.54, 1.807) is 6.08 Å². The van der Waals surface area contributed by atoms with Crippen LogP contribution in [0.1, 0.15) is 0 Å². The fourth-order valence-corrected chi connectivity index (χ4v) is 3.39. The maximum Gasteiger partial charge on any atom is 0.354 e. The number of aliphatic carboxylic acids is 1. The van der Waals surface area contributed by atoms with E-state index >= 15 is 0 Å². The molecule has 0 amide bonds. The van der Waals surface area contributed by atoms with Crippen LogP contribution in [0.4, 0.5) is 0 Å². The van der Waals surface area contributed by atoms with Crippen molar-refractivity contribution in [2.45, 2.75) is 4.34 Å². The molecular weight excluding hydrogens is 276 g/mol. The molecule has 0 aromatic carbocycles. The van der Waals surface area contributed by atoms with Gasteiger partial charge in [-0.05, 0) is 11.6 Å². The van der Waals surface area contributed by atoms with Gasteiger partial charge in [-0.25, -0.2) is 4.79 Å². The lowest BCUT2D eigenvalue weighted by Gasteiger charge is -2.01. The van der Waals surface area contributed by atoms with Gasteiger partial charge in [-0.2, -0.15) is 4.98 Å². The molecule has 18 heavy (non-hydrogen) atoms. The third kappa shape index (κ3) is 2.73. The van der Waals surface area contributed by atoms with Gasteiger partial charge < -0.3 is 9.66 Å². The van der Waals surface area contributed by atoms with Crippen LogP contribution in [0.3, 0.4) is 0 Å². The molecule has 1 atom stereocenters. The second-order valence-electron chi connectivity index (χ2n) is 3.26. The van der Waals surface area contributed by atoms with Crippen molar-refractivity contribution in [3.05, 3.63) is 25.9 Å². The third-order valence-electron chi connectivity index (χ3n) is 1.97. The summed E-state index contributed by atoms with van der Waals surface area (Å²) in [7, 11) is 0. The SMILES string of the molecule is [N-]=[N+]=NCC1=C=c2nc([S+]([O-])CC(=O)O)sc2=C1. The Hall–Kier alpha value is -1.76. The number of carbonyl (C=O) groups is 1. The van der Waals surface area contributed by atoms with Gasteiger partial charge in [0.05, 0.1) is 11.1 Å². The predicted octanol–water partition coefficient (Wildman–Crippen LogP) is -0.255. The lowest BCUT2D eigenvalue weighted by molar-refractivity contribution is -0.134. The van der Waals surface area contributed by atoms with E-state index in [4.69, 9.17) is 10.6 Å². The minimum atomic E-state index is -1.63. The number of rotatable bonds is 5. The number of thiazole rings is 1. The first-order valence-corrected chi connectivity index (χ1v) is 6.83. The fraction of sp³-hybridized carbons (Fsp3) is 0.222. The van der Waals surface area contributed by atoms with Gasteiger partial charge in [-0.15, -0.1) is 0 Å². The van der Waals surface area contributed by atoms with Gasteiger partial charge in [-0.3, -0.25) is 0 Å². The van der Waals surface area contributed by atoms with Gasteiger partial charge >= 0.3 is 10.3 Å². The van der Waals surface area contributed by atoms with Gasteiger partial charge in [0.2, 0.25) is 5.75 Å². The lowest BCUT2D eigenvalue weighted by Crippen LogP contribution is -2.18. The summed E-state index contributed by atoms with van der Waals surface area (Å²) in [6, 6.07) is 0. The molecule has 92 valence electrons. The van der Waals surface area contributed by atoms with Crippen LogP contribution in [-0.4, -0.2) is 32.9 Å². The Morgan fingerprint density at radius 2 is 2.56 bits per heavy atom. The van der Waals surface area contributed by atoms with E-state index < -0.39 is 22.9 Å². The first-order chi connectivity index (χ1) is 8.60. The zero-order valence-corrected chi connectivity index (χ0v) is 10.5. The first-order valence-electron chi connectivity index (χ1n) is 4.69. The highest BCUT2D eigenvalue weighted by Gasteiger charge is 2.20. The van der Waals surface area contributed by atoms with Crippen molar-refractivity contribution >= 4 is 40.3 Å². The molecule has 1 heterocycles. The highest BCUT2D eigenvalue weighted by atomic mass is 32.2. The highest BCUT2D eigenvalue weighted by molar-refractivity contribution is 7.93. The number of carboxylic acids is 1. The Morgan fingerprint density at radius 3 is 3.17 bits per heavy atom. The minimum Gasteiger partial charge on any atom is -0.609 e. The van der Waals surface area contributed by atoms with Crippen molar-refractivity contribution in [2.75, 3.05) is 12.3 Å². The quantitative estimate of drug-likeness (QED) is 0.346. The summed E-state index contributed by atoms with van der Waals surface area (Å²) in [5.74, 6) is -1.59. The molecule has 1 unspecified atom stereocenters. The van der Waals surface area contributed by atoms with E-state index in [-0.39, 0.29) is 10.9 Å². The maximum absolute atomic E-state index is 11.6. The van der Waals surface area contributed by atoms with Crippen LogP contribution >= 0.6 is 11.3 Å². The van der Waals surface area contributed by atoms with Gasteiger partial charge in [-0.1, -0.05) is 22.2 Å². The Labute approximate surface area is 108 Å². The first kappa shape index (κ1) is 12.7. The average molecular weight is 282 g/mol. The minimum absolute atomic E-state index is 0.188. The Balaban J connectivity index is 2.28. The van der Waals surface area contributed by atoms with Gasteiger partial charge in [0, 0.05) is 21.7 Å². The number of fused-ring (bicyclic) bond motifs is 1. The van der Waals surface area contributed by atoms with Gasteiger partial charge in [0.1, 0.15) is 5.35 Å². The Bertz CT molecular complexity index is 698. The molecule has 0 saturated heterocycles. The van der Waals surface area contributed by atoms with E-state index in [2.05, 4.69) is 20.7 Å². The van der Waals surface area contributed by atoms with Crippen molar-refractivity contribution < 1.29 is 14.5 Å². The summed E-state index contributed by atoms with van der Waals surface area (Å²) in [5.41, 5.74) is 11.8. The third-order valence-corrected chi connectivity index (χ3v) is 4.57. The number of azide groups is 1. The summed E-state index contributed by atoms with van der Waals surface area (Å²) in [4.78, 5) is 17.1. The van der Waals surface area contributed by atoms with E-state index in [1.807, 2.05) is 0 Å². The van der Waals surface area contributed by atoms with Crippen molar-refractivity contribution in [2.24, 2.45) is 5.11 Å². The second-order valence-corrected chi connectivity index (χ2v) is 5.92. The molecule has 0 saturated carbocycles. The summed E-state index contributed by atoms with van der Waals surface area (Å²) >= 11 is -0.470. The molecule has 9 heteroatoms. The second kappa shape index (κ2) is 5.26. The van der Waals surface area contributed by atoms with E-state index in [0.29, 0.717) is 10.9 Å². The monoisotopic (exact) mass is 282 g/mol. The molecule has 1 aromatic heterocycles. The van der Waals surface area contributed by atoms with Crippen LogP contribution in [-0.2, 0) is 16.0 Å². The topological polar surface area (TPSA) is 122 Å². The lowest BCUT2D eigenvalue weighted by atomic mass is 10.3. The largest absolute Gasteiger partial charge is 0.609 e. The molecule has 0 radical (unpaired) electrons. The predicted molar refractivity (Wildman–Crippen MR) is 65.7 cm³/mol. The standard InChI is InChI=1S/C9H6N4O3S2/c10-13-11-3-5-1-6-7(2-5)17-9(12-6)18(16)4-8(14)15/h2H,3-4H2,(H,14,15). The summed E-state index contributed by atoms with van der Waals surface area (Å²) in [6.07, 6.45) is 1.74. The zero-order chi connectivity index (χ0) is 13.1. The number of hydrogen-bond donors (Lipinski definition) is 1. The van der Waals surface area contributed by atoms with Crippen LogP contribution in [0.2, 0.25) is 0 Å². The smallest absolute Gasteiger partial charge is 0.354 e. The molecule has 1 aliphatic carbocycles. The van der Waals surface area contributed by atoms with Crippen LogP contribution in [0, 0.1) is 0 Å². The normalized spacial score (nSPS) is 13.7. The molecule has 0 aliphatic heterocycles. The van der Waals surface area contributed by atoms with Gasteiger partial charge in [0.15, 0.2) is 0 Å². The molecule has 2 rings (SSSR count). The molecule has 0 spiro atoms. The molecule has 0 fully saturated rings. The van der Waals surface area contributed by atoms with E-state index in [9.17, 15) is 9.35 Å². The number of hydrogen-bond acceptors (Lipinski definition) is 5. The van der Waals surface area contributed by atoms with Crippen molar-refractivity contribution in [3.63, 3.8) is 0 Å². The Kier molecular flexibility index (Phi) is 3.71. The van der Waals surface area contributed by atoms with Crippen molar-refractivity contribution in [1.29, 1.82) is 0 Å². The number of aromatic nitrogens is 1. The molecule has 1 N–H and O–H groups in total. The summed E-state index contributed by atoms with van der Waals surface area (Å²) in [5, 5.41) is 12.5. The zero-order valence-electron chi connectivity index (χ0n) is 8.86. The van der Waals surface area contributed by atoms with Crippen LogP contribution in [0.15, 0.2) is 15.0 Å². The highest BCUT2D eigenvalue weighted by Crippen LogP contribution is 2.10. The Morgan fingerprint density at radius 1 is 1.78 bits per heavy atom. The van der Waals surface area contributed by atoms with Gasteiger partial charge in [0.25, 0.3) is 0 Å². The van der Waals surface area contributed by atoms with Crippen LogP contribution in [0.25, 0.3) is 22.3 Å². The molecule has 7 nitrogen and oxygen atoms in total. The molecule has 0 bridgehead atoms. The van der Waals surface area contributed by atoms with Crippen molar-refractivity contribution in [1.82, 2.24) is 4.98 Å². The summed E-state index contributed by atoms with van der Waals surface area (Å²) in [6.45, 7) is 0.188. The van der Waals surface area contributed by atoms with E-state index in [1.165, 1.54) is 0 Å². The molecule has 1 aliphatic rings. The fourth-order valence-electron chi connectivity index (χ4n) is 1.31. The van der Waals surface area contributed by atoms with Crippen molar-refractivity contribution in [3.8, 4) is 0 Å². The number of nitrogens with zero attached hydrogens (tertiary/aromatic N) is 4. The average Bonchev–Trinajstić information content (AvgIpc) is 2.82. The summed E-state index contributed by atoms with van der Waals surface area (Å²) < 4.78 is 12.6. The van der Waals surface area contributed by atoms with Crippen LogP contribution in [0.5, 0.6) is 0 Å². The number of carboxylic acid groups (broad SMARTS) is 1. The van der Waals surface area contributed by atoms with Crippen LogP contribution < -0.4 is 9.88 Å². The maximum atomic E-state index is 11.6.